The molecule has 0 bridgehead atoms. The van der Waals surface area contributed by atoms with Crippen molar-refractivity contribution in [1.82, 2.24) is 0 Å². The van der Waals surface area contributed by atoms with Gasteiger partial charge in [-0.25, -0.2) is 0 Å². The first-order valence-electron chi connectivity index (χ1n) is 20.9. The van der Waals surface area contributed by atoms with Gasteiger partial charge in [-0.05, 0) is 104 Å². The lowest BCUT2D eigenvalue weighted by Gasteiger charge is -2.34. The first-order chi connectivity index (χ1) is 29.3. The number of thiophene rings is 1. The van der Waals surface area contributed by atoms with Crippen LogP contribution in [-0.2, 0) is 5.41 Å². The van der Waals surface area contributed by atoms with E-state index >= 15 is 0 Å². The molecule has 2 heteroatoms. The normalized spacial score (nSPS) is 13.8. The van der Waals surface area contributed by atoms with Crippen molar-refractivity contribution in [2.75, 3.05) is 4.90 Å². The zero-order chi connectivity index (χ0) is 41.0. The molecule has 0 aliphatic heterocycles. The van der Waals surface area contributed by atoms with Crippen LogP contribution in [0, 0.1) is 0 Å². The lowest BCUT2D eigenvalue weighted by Crippen LogP contribution is -2.28. The van der Waals surface area contributed by atoms with Crippen LogP contribution in [0.25, 0.3) is 43.8 Å². The Morgan fingerprint density at radius 1 is 0.400 bits per heavy atom. The minimum absolute atomic E-state index is 0.186. The van der Waals surface area contributed by atoms with Gasteiger partial charge >= 0.3 is 0 Å². The number of fused-ring (bicyclic) bond motifs is 3. The standard InChI is InChI=1S/C53H37NS/c1-5-15-38(16-6-1)40-25-30-45(31-26-40)54(46-32-27-41(28-33-46)39-17-7-2-8-18-39)52-36-35-51(55-52)42-29-34-48-47-23-13-14-24-49(47)53(50(48)37-42,43-19-9-3-10-20-43)44-21-11-4-12-22-44/h1-37H/i1D,5D,6D,15D,16D. The smallest absolute Gasteiger partial charge is 0.101 e. The summed E-state index contributed by atoms with van der Waals surface area (Å²) in [6, 6.07) is 66.7. The predicted molar refractivity (Wildman–Crippen MR) is 233 cm³/mol. The number of nitrogens with zero attached hydrogens (tertiary/aromatic N) is 1. The average Bonchev–Trinajstić information content (AvgIpc) is 3.91. The van der Waals surface area contributed by atoms with E-state index in [1.54, 1.807) is 11.3 Å². The van der Waals surface area contributed by atoms with Gasteiger partial charge in [0.2, 0.25) is 0 Å². The molecule has 1 aliphatic rings. The molecule has 1 heterocycles. The minimum Gasteiger partial charge on any atom is -0.302 e. The molecule has 1 aliphatic carbocycles. The molecular weight excluding hydrogens is 683 g/mol. The van der Waals surface area contributed by atoms with Crippen LogP contribution in [-0.4, -0.2) is 0 Å². The molecule has 1 aromatic heterocycles. The highest BCUT2D eigenvalue weighted by molar-refractivity contribution is 7.19. The van der Waals surface area contributed by atoms with Crippen molar-refractivity contribution in [2.45, 2.75) is 5.41 Å². The van der Waals surface area contributed by atoms with Crippen LogP contribution in [0.15, 0.2) is 224 Å². The Balaban J connectivity index is 1.10. The monoisotopic (exact) mass is 724 g/mol. The van der Waals surface area contributed by atoms with Crippen molar-refractivity contribution in [3.63, 3.8) is 0 Å². The van der Waals surface area contributed by atoms with Crippen LogP contribution in [0.4, 0.5) is 16.4 Å². The lowest BCUT2D eigenvalue weighted by atomic mass is 9.67. The molecule has 0 atom stereocenters. The average molecular weight is 725 g/mol. The molecule has 260 valence electrons. The second-order valence-electron chi connectivity index (χ2n) is 13.7. The van der Waals surface area contributed by atoms with E-state index in [0.717, 1.165) is 37.9 Å². The molecule has 1 nitrogen and oxygen atoms in total. The van der Waals surface area contributed by atoms with Crippen LogP contribution in [0.3, 0.4) is 0 Å². The van der Waals surface area contributed by atoms with Gasteiger partial charge in [-0.1, -0.05) is 182 Å². The first-order valence-corrected chi connectivity index (χ1v) is 19.2. The highest BCUT2D eigenvalue weighted by Crippen LogP contribution is 2.57. The Morgan fingerprint density at radius 3 is 1.55 bits per heavy atom. The van der Waals surface area contributed by atoms with E-state index in [1.165, 1.54) is 33.4 Å². The minimum atomic E-state index is -0.501. The van der Waals surface area contributed by atoms with Crippen molar-refractivity contribution >= 4 is 27.7 Å². The fourth-order valence-electron chi connectivity index (χ4n) is 8.21. The Kier molecular flexibility index (Phi) is 7.03. The van der Waals surface area contributed by atoms with Crippen LogP contribution in [0.1, 0.15) is 29.1 Å². The van der Waals surface area contributed by atoms with Gasteiger partial charge in [-0.3, -0.25) is 0 Å². The van der Waals surface area contributed by atoms with E-state index in [2.05, 4.69) is 157 Å². The fraction of sp³-hybridized carbons (Fsp3) is 0.0189. The van der Waals surface area contributed by atoms with Crippen molar-refractivity contribution in [1.29, 1.82) is 0 Å². The molecule has 0 fully saturated rings. The first kappa shape index (κ1) is 27.8. The summed E-state index contributed by atoms with van der Waals surface area (Å²) >= 11 is 1.71. The highest BCUT2D eigenvalue weighted by atomic mass is 32.1. The summed E-state index contributed by atoms with van der Waals surface area (Å²) in [6.07, 6.45) is 0. The van der Waals surface area contributed by atoms with Gasteiger partial charge < -0.3 is 4.90 Å². The van der Waals surface area contributed by atoms with Gasteiger partial charge in [0, 0.05) is 16.3 Å². The maximum atomic E-state index is 8.58. The second kappa shape index (κ2) is 13.9. The van der Waals surface area contributed by atoms with Crippen molar-refractivity contribution in [3.8, 4) is 43.8 Å². The van der Waals surface area contributed by atoms with Crippen LogP contribution in [0.5, 0.6) is 0 Å². The molecular formula is C53H37NS. The van der Waals surface area contributed by atoms with Gasteiger partial charge in [0.1, 0.15) is 5.00 Å². The summed E-state index contributed by atoms with van der Waals surface area (Å²) in [4.78, 5) is 3.34. The van der Waals surface area contributed by atoms with Crippen LogP contribution >= 0.6 is 11.3 Å². The zero-order valence-corrected chi connectivity index (χ0v) is 30.6. The summed E-state index contributed by atoms with van der Waals surface area (Å²) in [6.45, 7) is 0. The van der Waals surface area contributed by atoms with Gasteiger partial charge in [-0.2, -0.15) is 0 Å². The zero-order valence-electron chi connectivity index (χ0n) is 34.8. The van der Waals surface area contributed by atoms with E-state index in [1.807, 2.05) is 42.5 Å². The molecule has 55 heavy (non-hydrogen) atoms. The molecule has 0 unspecified atom stereocenters. The van der Waals surface area contributed by atoms with E-state index in [0.29, 0.717) is 5.56 Å². The maximum Gasteiger partial charge on any atom is 0.101 e. The maximum absolute atomic E-state index is 8.58. The van der Waals surface area contributed by atoms with Crippen LogP contribution in [0.2, 0.25) is 0 Å². The van der Waals surface area contributed by atoms with E-state index in [4.69, 9.17) is 6.85 Å². The summed E-state index contributed by atoms with van der Waals surface area (Å²) in [7, 11) is 0. The van der Waals surface area contributed by atoms with Gasteiger partial charge in [-0.15, -0.1) is 11.3 Å². The van der Waals surface area contributed by atoms with E-state index < -0.39 is 11.5 Å². The molecule has 0 radical (unpaired) electrons. The highest BCUT2D eigenvalue weighted by Gasteiger charge is 2.46. The quantitative estimate of drug-likeness (QED) is 0.151. The lowest BCUT2D eigenvalue weighted by molar-refractivity contribution is 0.769. The topological polar surface area (TPSA) is 3.24 Å². The SMILES string of the molecule is [2H]c1c([2H])c([2H])c(-c2ccc(N(c3ccc(-c4ccccc4)cc3)c3ccc(-c4ccc5c(c4)C(c4ccccc4)(c4ccccc4)c4ccccc4-5)s3)cc2)c([2H])c1[2H]. The largest absolute Gasteiger partial charge is 0.302 e. The summed E-state index contributed by atoms with van der Waals surface area (Å²) in [5.74, 6) is 0. The number of hydrogen-bond acceptors (Lipinski definition) is 2. The van der Waals surface area contributed by atoms with Crippen molar-refractivity contribution < 1.29 is 6.85 Å². The molecule has 0 amide bonds. The third kappa shape index (κ3) is 5.71. The predicted octanol–water partition coefficient (Wildman–Crippen LogP) is 14.6. The Hall–Kier alpha value is -6.74. The van der Waals surface area contributed by atoms with Gasteiger partial charge in [0.25, 0.3) is 0 Å². The third-order valence-corrected chi connectivity index (χ3v) is 11.8. The van der Waals surface area contributed by atoms with Gasteiger partial charge in [0.05, 0.1) is 12.3 Å². The van der Waals surface area contributed by atoms with Crippen LogP contribution < -0.4 is 4.90 Å². The van der Waals surface area contributed by atoms with E-state index in [-0.39, 0.29) is 29.7 Å². The molecule has 0 spiro atoms. The molecule has 9 aromatic rings. The molecule has 10 rings (SSSR count). The summed E-state index contributed by atoms with van der Waals surface area (Å²) in [5.41, 5.74) is 12.9. The molecule has 0 saturated heterocycles. The number of benzene rings is 8. The molecule has 0 saturated carbocycles. The number of hydrogen-bond donors (Lipinski definition) is 0. The van der Waals surface area contributed by atoms with E-state index in [9.17, 15) is 0 Å². The molecule has 0 N–H and O–H groups in total. The van der Waals surface area contributed by atoms with Gasteiger partial charge in [0.15, 0.2) is 0 Å². The number of anilines is 3. The van der Waals surface area contributed by atoms with Crippen molar-refractivity contribution in [3.05, 3.63) is 247 Å². The Bertz CT molecular complexity index is 2950. The fourth-order valence-corrected chi connectivity index (χ4v) is 9.25. The number of rotatable bonds is 8. The third-order valence-electron chi connectivity index (χ3n) is 10.7. The summed E-state index contributed by atoms with van der Waals surface area (Å²) < 4.78 is 41.7. The molecule has 8 aromatic carbocycles. The second-order valence-corrected chi connectivity index (χ2v) is 14.8. The Labute approximate surface area is 334 Å². The van der Waals surface area contributed by atoms with Crippen molar-refractivity contribution in [2.24, 2.45) is 0 Å². The Morgan fingerprint density at radius 2 is 0.909 bits per heavy atom. The summed E-state index contributed by atoms with van der Waals surface area (Å²) in [5, 5.41) is 1.01.